The van der Waals surface area contributed by atoms with E-state index in [-0.39, 0.29) is 0 Å². The Hall–Kier alpha value is -1.81. The summed E-state index contributed by atoms with van der Waals surface area (Å²) in [6.07, 6.45) is 3.84. The molecule has 4 heteroatoms. The summed E-state index contributed by atoms with van der Waals surface area (Å²) in [5.41, 5.74) is 0. The van der Waals surface area contributed by atoms with Crippen LogP contribution in [0.1, 0.15) is 19.7 Å². The predicted molar refractivity (Wildman–Crippen MR) is 80.7 cm³/mol. The number of benzene rings is 1. The highest BCUT2D eigenvalue weighted by molar-refractivity contribution is 5.20. The number of rotatable bonds is 8. The molecule has 2 aromatic rings. The molecule has 2 rings (SSSR count). The SMILES string of the molecule is CC(C)CNCc1nccn1CCOc1ccccc1. The van der Waals surface area contributed by atoms with Crippen molar-refractivity contribution in [3.8, 4) is 5.75 Å². The fraction of sp³-hybridized carbons (Fsp3) is 0.438. The highest BCUT2D eigenvalue weighted by atomic mass is 16.5. The third kappa shape index (κ3) is 4.70. The average molecular weight is 273 g/mol. The van der Waals surface area contributed by atoms with Crippen molar-refractivity contribution in [2.45, 2.75) is 26.9 Å². The first-order valence-electron chi connectivity index (χ1n) is 7.14. The number of aromatic nitrogens is 2. The number of nitrogens with one attached hydrogen (secondary N) is 1. The first-order chi connectivity index (χ1) is 9.75. The maximum Gasteiger partial charge on any atom is 0.122 e. The van der Waals surface area contributed by atoms with Crippen LogP contribution >= 0.6 is 0 Å². The Morgan fingerprint density at radius 2 is 2.05 bits per heavy atom. The van der Waals surface area contributed by atoms with Crippen LogP contribution in [0.3, 0.4) is 0 Å². The van der Waals surface area contributed by atoms with E-state index in [1.165, 1.54) is 0 Å². The van der Waals surface area contributed by atoms with E-state index in [0.29, 0.717) is 12.5 Å². The molecule has 0 saturated heterocycles. The van der Waals surface area contributed by atoms with E-state index in [9.17, 15) is 0 Å². The van der Waals surface area contributed by atoms with Crippen molar-refractivity contribution in [2.24, 2.45) is 5.92 Å². The molecule has 0 aliphatic carbocycles. The molecule has 1 N–H and O–H groups in total. The highest BCUT2D eigenvalue weighted by Crippen LogP contribution is 2.08. The molecule has 20 heavy (non-hydrogen) atoms. The molecule has 0 spiro atoms. The van der Waals surface area contributed by atoms with Gasteiger partial charge in [-0.3, -0.25) is 0 Å². The Morgan fingerprint density at radius 1 is 1.25 bits per heavy atom. The summed E-state index contributed by atoms with van der Waals surface area (Å²) >= 11 is 0. The minimum absolute atomic E-state index is 0.650. The Kier molecular flexibility index (Phi) is 5.62. The van der Waals surface area contributed by atoms with Crippen LogP contribution in [-0.2, 0) is 13.1 Å². The van der Waals surface area contributed by atoms with E-state index in [2.05, 4.69) is 28.7 Å². The van der Waals surface area contributed by atoms with Crippen molar-refractivity contribution < 1.29 is 4.74 Å². The summed E-state index contributed by atoms with van der Waals surface area (Å²) in [6.45, 7) is 7.68. The Balaban J connectivity index is 1.77. The molecule has 4 nitrogen and oxygen atoms in total. The molecular formula is C16H23N3O. The highest BCUT2D eigenvalue weighted by Gasteiger charge is 2.03. The van der Waals surface area contributed by atoms with Crippen LogP contribution in [0, 0.1) is 5.92 Å². The van der Waals surface area contributed by atoms with Crippen LogP contribution in [0.15, 0.2) is 42.7 Å². The lowest BCUT2D eigenvalue weighted by Crippen LogP contribution is -2.22. The lowest BCUT2D eigenvalue weighted by atomic mass is 10.2. The van der Waals surface area contributed by atoms with Crippen molar-refractivity contribution in [3.05, 3.63) is 48.5 Å². The number of hydrogen-bond donors (Lipinski definition) is 1. The third-order valence-electron chi connectivity index (χ3n) is 2.98. The second kappa shape index (κ2) is 7.70. The Bertz CT molecular complexity index is 493. The summed E-state index contributed by atoms with van der Waals surface area (Å²) in [6, 6.07) is 9.89. The fourth-order valence-electron chi connectivity index (χ4n) is 1.96. The maximum absolute atomic E-state index is 5.71. The minimum atomic E-state index is 0.650. The van der Waals surface area contributed by atoms with Crippen LogP contribution in [0.4, 0.5) is 0 Å². The molecular weight excluding hydrogens is 250 g/mol. The molecule has 0 radical (unpaired) electrons. The van der Waals surface area contributed by atoms with Crippen molar-refractivity contribution in [2.75, 3.05) is 13.2 Å². The molecule has 0 aliphatic heterocycles. The van der Waals surface area contributed by atoms with Gasteiger partial charge in [-0.15, -0.1) is 0 Å². The van der Waals surface area contributed by atoms with Gasteiger partial charge < -0.3 is 14.6 Å². The van der Waals surface area contributed by atoms with E-state index < -0.39 is 0 Å². The molecule has 108 valence electrons. The van der Waals surface area contributed by atoms with Gasteiger partial charge in [0.05, 0.1) is 13.1 Å². The normalized spacial score (nSPS) is 10.9. The molecule has 0 aliphatic rings. The largest absolute Gasteiger partial charge is 0.492 e. The number of hydrogen-bond acceptors (Lipinski definition) is 3. The van der Waals surface area contributed by atoms with E-state index in [0.717, 1.165) is 31.2 Å². The Labute approximate surface area is 120 Å². The smallest absolute Gasteiger partial charge is 0.122 e. The van der Waals surface area contributed by atoms with E-state index >= 15 is 0 Å². The molecule has 1 heterocycles. The van der Waals surface area contributed by atoms with Gasteiger partial charge in [-0.2, -0.15) is 0 Å². The molecule has 0 amide bonds. The van der Waals surface area contributed by atoms with Crippen LogP contribution in [0.5, 0.6) is 5.75 Å². The number of ether oxygens (including phenoxy) is 1. The van der Waals surface area contributed by atoms with Crippen LogP contribution in [-0.4, -0.2) is 22.7 Å². The third-order valence-corrected chi connectivity index (χ3v) is 2.98. The van der Waals surface area contributed by atoms with Gasteiger partial charge in [-0.25, -0.2) is 4.98 Å². The average Bonchev–Trinajstić information content (AvgIpc) is 2.87. The maximum atomic E-state index is 5.71. The topological polar surface area (TPSA) is 39.1 Å². The van der Waals surface area contributed by atoms with Gasteiger partial charge in [0.2, 0.25) is 0 Å². The zero-order chi connectivity index (χ0) is 14.2. The van der Waals surface area contributed by atoms with Crippen molar-refractivity contribution in [1.82, 2.24) is 14.9 Å². The van der Waals surface area contributed by atoms with Crippen LogP contribution < -0.4 is 10.1 Å². The van der Waals surface area contributed by atoms with Crippen molar-refractivity contribution in [3.63, 3.8) is 0 Å². The van der Waals surface area contributed by atoms with Gasteiger partial charge in [-0.1, -0.05) is 32.0 Å². The molecule has 0 bridgehead atoms. The monoisotopic (exact) mass is 273 g/mol. The van der Waals surface area contributed by atoms with Crippen molar-refractivity contribution >= 4 is 0 Å². The summed E-state index contributed by atoms with van der Waals surface area (Å²) < 4.78 is 7.84. The number of nitrogens with zero attached hydrogens (tertiary/aromatic N) is 2. The van der Waals surface area contributed by atoms with Gasteiger partial charge >= 0.3 is 0 Å². The predicted octanol–water partition coefficient (Wildman–Crippen LogP) is 2.71. The summed E-state index contributed by atoms with van der Waals surface area (Å²) in [5, 5.41) is 3.41. The molecule has 0 unspecified atom stereocenters. The first-order valence-corrected chi connectivity index (χ1v) is 7.14. The van der Waals surface area contributed by atoms with E-state index in [1.54, 1.807) is 0 Å². The van der Waals surface area contributed by atoms with Gasteiger partial charge in [0.15, 0.2) is 0 Å². The summed E-state index contributed by atoms with van der Waals surface area (Å²) in [7, 11) is 0. The second-order valence-corrected chi connectivity index (χ2v) is 5.22. The zero-order valence-electron chi connectivity index (χ0n) is 12.2. The first kappa shape index (κ1) is 14.6. The quantitative estimate of drug-likeness (QED) is 0.804. The zero-order valence-corrected chi connectivity index (χ0v) is 12.2. The van der Waals surface area contributed by atoms with E-state index in [4.69, 9.17) is 4.74 Å². The van der Waals surface area contributed by atoms with Gasteiger partial charge in [-0.05, 0) is 24.6 Å². The summed E-state index contributed by atoms with van der Waals surface area (Å²) in [4.78, 5) is 4.38. The van der Waals surface area contributed by atoms with Crippen molar-refractivity contribution in [1.29, 1.82) is 0 Å². The minimum Gasteiger partial charge on any atom is -0.492 e. The Morgan fingerprint density at radius 3 is 2.80 bits per heavy atom. The number of para-hydroxylation sites is 1. The lowest BCUT2D eigenvalue weighted by molar-refractivity contribution is 0.295. The van der Waals surface area contributed by atoms with Gasteiger partial charge in [0, 0.05) is 12.4 Å². The lowest BCUT2D eigenvalue weighted by Gasteiger charge is -2.11. The van der Waals surface area contributed by atoms with E-state index in [1.807, 2.05) is 42.7 Å². The van der Waals surface area contributed by atoms with Gasteiger partial charge in [0.1, 0.15) is 18.2 Å². The molecule has 1 aromatic carbocycles. The molecule has 0 fully saturated rings. The number of imidazole rings is 1. The fourth-order valence-corrected chi connectivity index (χ4v) is 1.96. The summed E-state index contributed by atoms with van der Waals surface area (Å²) in [5.74, 6) is 2.62. The molecule has 0 saturated carbocycles. The van der Waals surface area contributed by atoms with Crippen LogP contribution in [0.25, 0.3) is 0 Å². The second-order valence-electron chi connectivity index (χ2n) is 5.22. The van der Waals surface area contributed by atoms with Crippen LogP contribution in [0.2, 0.25) is 0 Å². The van der Waals surface area contributed by atoms with Gasteiger partial charge in [0.25, 0.3) is 0 Å². The molecule has 1 aromatic heterocycles. The standard InChI is InChI=1S/C16H23N3O/c1-14(2)12-17-13-16-18-8-9-19(16)10-11-20-15-6-4-3-5-7-15/h3-9,14,17H,10-13H2,1-2H3. The molecule has 0 atom stereocenters.